The monoisotopic (exact) mass is 277 g/mol. The summed E-state index contributed by atoms with van der Waals surface area (Å²) < 4.78 is 10.9. The molecule has 0 atom stereocenters. The Morgan fingerprint density at radius 1 is 0.947 bits per heavy atom. The van der Waals surface area contributed by atoms with E-state index in [0.717, 1.165) is 11.4 Å². The van der Waals surface area contributed by atoms with E-state index in [1.54, 1.807) is 12.1 Å². The van der Waals surface area contributed by atoms with Crippen LogP contribution in [0.3, 0.4) is 0 Å². The summed E-state index contributed by atoms with van der Waals surface area (Å²) >= 11 is 0. The molecule has 0 aromatic heterocycles. The van der Waals surface area contributed by atoms with Crippen molar-refractivity contribution in [2.75, 3.05) is 11.9 Å². The van der Waals surface area contributed by atoms with Crippen molar-refractivity contribution < 1.29 is 14.4 Å². The lowest BCUT2D eigenvalue weighted by atomic mass is 10.2. The van der Waals surface area contributed by atoms with Gasteiger partial charge in [-0.3, -0.25) is 4.57 Å². The molecule has 2 aromatic carbocycles. The molecule has 0 amide bonds. The molecule has 0 radical (unpaired) electrons. The Balaban J connectivity index is 2.17. The van der Waals surface area contributed by atoms with Crippen molar-refractivity contribution in [3.05, 3.63) is 60.2 Å². The zero-order valence-corrected chi connectivity index (χ0v) is 11.5. The predicted octanol–water partition coefficient (Wildman–Crippen LogP) is 3.13. The number of para-hydroxylation sites is 1. The highest BCUT2D eigenvalue weighted by atomic mass is 31.2. The van der Waals surface area contributed by atoms with Gasteiger partial charge in [-0.2, -0.15) is 0 Å². The van der Waals surface area contributed by atoms with Crippen LogP contribution in [0.25, 0.3) is 0 Å². The number of benzene rings is 2. The van der Waals surface area contributed by atoms with E-state index in [-0.39, 0.29) is 6.16 Å². The Labute approximate surface area is 112 Å². The molecule has 0 saturated heterocycles. The molecule has 0 aliphatic carbocycles. The van der Waals surface area contributed by atoms with Crippen LogP contribution < -0.4 is 4.90 Å². The quantitative estimate of drug-likeness (QED) is 0.843. The first kappa shape index (κ1) is 13.8. The highest BCUT2D eigenvalue weighted by molar-refractivity contribution is 7.50. The molecule has 0 fully saturated rings. The summed E-state index contributed by atoms with van der Waals surface area (Å²) in [5.41, 5.74) is 2.67. The summed E-state index contributed by atoms with van der Waals surface area (Å²) in [6.45, 7) is 0. The maximum atomic E-state index is 10.9. The Hall–Kier alpha value is -1.61. The molecule has 19 heavy (non-hydrogen) atoms. The van der Waals surface area contributed by atoms with Crippen LogP contribution in [0.4, 0.5) is 11.4 Å². The third kappa shape index (κ3) is 3.93. The van der Waals surface area contributed by atoms with E-state index in [9.17, 15) is 4.57 Å². The molecule has 100 valence electrons. The average Bonchev–Trinajstić information content (AvgIpc) is 2.38. The van der Waals surface area contributed by atoms with Gasteiger partial charge in [0.15, 0.2) is 0 Å². The molecule has 4 nitrogen and oxygen atoms in total. The fourth-order valence-electron chi connectivity index (χ4n) is 1.86. The van der Waals surface area contributed by atoms with Gasteiger partial charge in [-0.1, -0.05) is 30.3 Å². The second kappa shape index (κ2) is 5.57. The second-order valence-corrected chi connectivity index (χ2v) is 6.03. The maximum Gasteiger partial charge on any atom is 0.329 e. The van der Waals surface area contributed by atoms with E-state index in [4.69, 9.17) is 9.79 Å². The van der Waals surface area contributed by atoms with Crippen LogP contribution in [0, 0.1) is 0 Å². The normalized spacial score (nSPS) is 11.3. The Morgan fingerprint density at radius 2 is 1.47 bits per heavy atom. The van der Waals surface area contributed by atoms with Crippen molar-refractivity contribution in [2.45, 2.75) is 6.16 Å². The molecule has 0 aliphatic rings. The Bertz CT molecular complexity index is 577. The zero-order valence-electron chi connectivity index (χ0n) is 10.6. The molecule has 5 heteroatoms. The lowest BCUT2D eigenvalue weighted by Crippen LogP contribution is -2.08. The summed E-state index contributed by atoms with van der Waals surface area (Å²) in [4.78, 5) is 19.9. The summed E-state index contributed by atoms with van der Waals surface area (Å²) in [6.07, 6.45) is -0.220. The van der Waals surface area contributed by atoms with Crippen LogP contribution in [0.1, 0.15) is 5.56 Å². The number of nitrogens with zero attached hydrogens (tertiary/aromatic N) is 1. The van der Waals surface area contributed by atoms with Crippen LogP contribution in [0.2, 0.25) is 0 Å². The molecule has 0 heterocycles. The van der Waals surface area contributed by atoms with E-state index in [0.29, 0.717) is 5.56 Å². The zero-order chi connectivity index (χ0) is 13.9. The first-order chi connectivity index (χ1) is 8.96. The smallest absolute Gasteiger partial charge is 0.329 e. The van der Waals surface area contributed by atoms with Crippen molar-refractivity contribution in [3.63, 3.8) is 0 Å². The van der Waals surface area contributed by atoms with Gasteiger partial charge in [-0.25, -0.2) is 0 Å². The molecule has 0 aliphatic heterocycles. The molecular formula is C14H16NO3P. The molecule has 2 rings (SSSR count). The van der Waals surface area contributed by atoms with Gasteiger partial charge in [0.2, 0.25) is 0 Å². The van der Waals surface area contributed by atoms with E-state index < -0.39 is 7.60 Å². The van der Waals surface area contributed by atoms with Gasteiger partial charge in [0.05, 0.1) is 6.16 Å². The average molecular weight is 277 g/mol. The molecule has 0 bridgehead atoms. The van der Waals surface area contributed by atoms with Gasteiger partial charge in [0.25, 0.3) is 0 Å². The van der Waals surface area contributed by atoms with E-state index in [2.05, 4.69) is 0 Å². The lowest BCUT2D eigenvalue weighted by molar-refractivity contribution is 0.371. The minimum absolute atomic E-state index is 0.220. The minimum Gasteiger partial charge on any atom is -0.345 e. The minimum atomic E-state index is -4.00. The summed E-state index contributed by atoms with van der Waals surface area (Å²) in [5.74, 6) is 0. The number of hydrogen-bond donors (Lipinski definition) is 2. The molecule has 2 N–H and O–H groups in total. The first-order valence-electron chi connectivity index (χ1n) is 5.88. The van der Waals surface area contributed by atoms with E-state index in [1.807, 2.05) is 54.4 Å². The van der Waals surface area contributed by atoms with Crippen molar-refractivity contribution in [1.29, 1.82) is 0 Å². The highest BCUT2D eigenvalue weighted by Crippen LogP contribution is 2.39. The van der Waals surface area contributed by atoms with Gasteiger partial charge in [-0.15, -0.1) is 0 Å². The van der Waals surface area contributed by atoms with Crippen LogP contribution in [0.5, 0.6) is 0 Å². The molecule has 0 unspecified atom stereocenters. The van der Waals surface area contributed by atoms with Crippen molar-refractivity contribution in [1.82, 2.24) is 0 Å². The van der Waals surface area contributed by atoms with Gasteiger partial charge in [-0.05, 0) is 29.8 Å². The van der Waals surface area contributed by atoms with Gasteiger partial charge >= 0.3 is 7.60 Å². The standard InChI is InChI=1S/C14H16NO3P/c1-15(13-5-3-2-4-6-13)14-9-7-12(8-10-14)11-19(16,17)18/h2-10H,11H2,1H3,(H2,16,17,18). The second-order valence-electron chi connectivity index (χ2n) is 4.38. The summed E-state index contributed by atoms with van der Waals surface area (Å²) in [5, 5.41) is 0. The number of anilines is 2. The third-order valence-electron chi connectivity index (χ3n) is 2.86. The maximum absolute atomic E-state index is 10.9. The van der Waals surface area contributed by atoms with Crippen molar-refractivity contribution in [3.8, 4) is 0 Å². The fraction of sp³-hybridized carbons (Fsp3) is 0.143. The molecule has 0 saturated carbocycles. The number of hydrogen-bond acceptors (Lipinski definition) is 2. The third-order valence-corrected chi connectivity index (χ3v) is 3.63. The van der Waals surface area contributed by atoms with E-state index >= 15 is 0 Å². The predicted molar refractivity (Wildman–Crippen MR) is 76.7 cm³/mol. The highest BCUT2D eigenvalue weighted by Gasteiger charge is 2.13. The number of rotatable bonds is 4. The Morgan fingerprint density at radius 3 is 2.00 bits per heavy atom. The summed E-state index contributed by atoms with van der Waals surface area (Å²) in [6, 6.07) is 17.1. The van der Waals surface area contributed by atoms with Crippen LogP contribution >= 0.6 is 7.60 Å². The SMILES string of the molecule is CN(c1ccccc1)c1ccc(CP(=O)(O)O)cc1. The van der Waals surface area contributed by atoms with E-state index in [1.165, 1.54) is 0 Å². The van der Waals surface area contributed by atoms with Crippen molar-refractivity contribution >= 4 is 19.0 Å². The van der Waals surface area contributed by atoms with Crippen LogP contribution in [-0.2, 0) is 10.7 Å². The molecule has 2 aromatic rings. The molecule has 0 spiro atoms. The lowest BCUT2D eigenvalue weighted by Gasteiger charge is -2.19. The van der Waals surface area contributed by atoms with Crippen molar-refractivity contribution in [2.24, 2.45) is 0 Å². The van der Waals surface area contributed by atoms with Crippen LogP contribution in [0.15, 0.2) is 54.6 Å². The fourth-order valence-corrected chi connectivity index (χ4v) is 2.55. The van der Waals surface area contributed by atoms with Crippen LogP contribution in [-0.4, -0.2) is 16.8 Å². The van der Waals surface area contributed by atoms with Gasteiger partial charge < -0.3 is 14.7 Å². The Kier molecular flexibility index (Phi) is 4.05. The first-order valence-corrected chi connectivity index (χ1v) is 7.68. The molecular weight excluding hydrogens is 261 g/mol. The largest absolute Gasteiger partial charge is 0.345 e. The van der Waals surface area contributed by atoms with Gasteiger partial charge in [0, 0.05) is 18.4 Å². The topological polar surface area (TPSA) is 60.8 Å². The summed E-state index contributed by atoms with van der Waals surface area (Å²) in [7, 11) is -2.05. The van der Waals surface area contributed by atoms with Gasteiger partial charge in [0.1, 0.15) is 0 Å².